The summed E-state index contributed by atoms with van der Waals surface area (Å²) in [4.78, 5) is 14.0. The molecular formula is C14H26N2OS. The molecule has 104 valence electrons. The van der Waals surface area contributed by atoms with Gasteiger partial charge in [0.15, 0.2) is 0 Å². The van der Waals surface area contributed by atoms with E-state index >= 15 is 0 Å². The molecule has 0 aromatic carbocycles. The van der Waals surface area contributed by atoms with Crippen LogP contribution in [0.25, 0.3) is 0 Å². The topological polar surface area (TPSA) is 32.3 Å². The van der Waals surface area contributed by atoms with Crippen LogP contribution >= 0.6 is 11.8 Å². The van der Waals surface area contributed by atoms with Crippen molar-refractivity contribution < 1.29 is 4.79 Å². The predicted molar refractivity (Wildman–Crippen MR) is 78.0 cm³/mol. The predicted octanol–water partition coefficient (Wildman–Crippen LogP) is 2.12. The molecule has 1 N–H and O–H groups in total. The first-order valence-corrected chi connectivity index (χ1v) is 8.46. The van der Waals surface area contributed by atoms with Crippen LogP contribution < -0.4 is 5.32 Å². The highest BCUT2D eigenvalue weighted by atomic mass is 32.2. The average molecular weight is 270 g/mol. The number of hydrogen-bond acceptors (Lipinski definition) is 3. The largest absolute Gasteiger partial charge is 0.356 e. The minimum atomic E-state index is 0.258. The van der Waals surface area contributed by atoms with Gasteiger partial charge in [-0.2, -0.15) is 11.8 Å². The molecule has 4 heteroatoms. The van der Waals surface area contributed by atoms with Gasteiger partial charge in [0.05, 0.1) is 0 Å². The van der Waals surface area contributed by atoms with Crippen molar-refractivity contribution in [2.45, 2.75) is 39.0 Å². The van der Waals surface area contributed by atoms with E-state index in [0.29, 0.717) is 5.41 Å². The summed E-state index contributed by atoms with van der Waals surface area (Å²) in [5, 5.41) is 3.01. The fourth-order valence-electron chi connectivity index (χ4n) is 3.15. The quantitative estimate of drug-likeness (QED) is 0.794. The second-order valence-corrected chi connectivity index (χ2v) is 7.03. The van der Waals surface area contributed by atoms with Gasteiger partial charge < -0.3 is 10.2 Å². The van der Waals surface area contributed by atoms with E-state index in [1.807, 2.05) is 11.8 Å². The number of nitrogens with zero attached hydrogens (tertiary/aromatic N) is 1. The molecule has 0 unspecified atom stereocenters. The Kier molecular flexibility index (Phi) is 5.37. The third-order valence-electron chi connectivity index (χ3n) is 4.53. The number of rotatable bonds is 4. The lowest BCUT2D eigenvalue weighted by molar-refractivity contribution is -0.121. The number of amides is 1. The Morgan fingerprint density at radius 2 is 2.06 bits per heavy atom. The molecule has 2 saturated heterocycles. The Hall–Kier alpha value is -0.220. The average Bonchev–Trinajstić information content (AvgIpc) is 2.56. The molecule has 3 nitrogen and oxygen atoms in total. The standard InChI is InChI=1S/C14H26N2OS/c1-2-18-12-11-16-9-6-14(7-10-16)4-3-13(17)15-8-5-14/h2-12H2,1H3,(H,15,17). The summed E-state index contributed by atoms with van der Waals surface area (Å²) < 4.78 is 0. The van der Waals surface area contributed by atoms with E-state index in [2.05, 4.69) is 17.1 Å². The van der Waals surface area contributed by atoms with Gasteiger partial charge in [0.25, 0.3) is 0 Å². The summed E-state index contributed by atoms with van der Waals surface area (Å²) in [7, 11) is 0. The van der Waals surface area contributed by atoms with Crippen molar-refractivity contribution in [3.8, 4) is 0 Å². The number of likely N-dealkylation sites (tertiary alicyclic amines) is 1. The molecule has 0 saturated carbocycles. The molecule has 2 fully saturated rings. The van der Waals surface area contributed by atoms with Gasteiger partial charge in [-0.25, -0.2) is 0 Å². The first-order chi connectivity index (χ1) is 8.74. The zero-order chi connectivity index (χ0) is 12.8. The second kappa shape index (κ2) is 6.80. The molecular weight excluding hydrogens is 244 g/mol. The Balaban J connectivity index is 1.76. The van der Waals surface area contributed by atoms with Crippen LogP contribution in [0.15, 0.2) is 0 Å². The van der Waals surface area contributed by atoms with Gasteiger partial charge in [-0.3, -0.25) is 4.79 Å². The highest BCUT2D eigenvalue weighted by molar-refractivity contribution is 7.99. The molecule has 1 spiro atoms. The van der Waals surface area contributed by atoms with E-state index in [-0.39, 0.29) is 5.91 Å². The maximum absolute atomic E-state index is 11.4. The highest BCUT2D eigenvalue weighted by Gasteiger charge is 2.35. The number of nitrogens with one attached hydrogen (secondary N) is 1. The molecule has 0 aliphatic carbocycles. The molecule has 0 atom stereocenters. The summed E-state index contributed by atoms with van der Waals surface area (Å²) in [6, 6.07) is 0. The molecule has 0 aromatic rings. The Labute approximate surface area is 115 Å². The zero-order valence-electron chi connectivity index (χ0n) is 11.5. The molecule has 0 bridgehead atoms. The fraction of sp³-hybridized carbons (Fsp3) is 0.929. The fourth-order valence-corrected chi connectivity index (χ4v) is 3.82. The van der Waals surface area contributed by atoms with Crippen LogP contribution in [0.2, 0.25) is 0 Å². The van der Waals surface area contributed by atoms with Crippen LogP contribution in [0.1, 0.15) is 39.0 Å². The summed E-state index contributed by atoms with van der Waals surface area (Å²) in [6.07, 6.45) is 5.62. The van der Waals surface area contributed by atoms with E-state index in [9.17, 15) is 4.79 Å². The number of carbonyl (C=O) groups is 1. The lowest BCUT2D eigenvalue weighted by Gasteiger charge is -2.41. The van der Waals surface area contributed by atoms with Crippen LogP contribution in [0.4, 0.5) is 0 Å². The minimum absolute atomic E-state index is 0.258. The highest BCUT2D eigenvalue weighted by Crippen LogP contribution is 2.40. The molecule has 2 heterocycles. The molecule has 1 amide bonds. The molecule has 2 aliphatic heterocycles. The maximum atomic E-state index is 11.4. The van der Waals surface area contributed by atoms with Gasteiger partial charge in [0.1, 0.15) is 0 Å². The van der Waals surface area contributed by atoms with Crippen molar-refractivity contribution in [2.75, 3.05) is 37.7 Å². The van der Waals surface area contributed by atoms with Crippen LogP contribution in [-0.2, 0) is 4.79 Å². The van der Waals surface area contributed by atoms with Crippen molar-refractivity contribution in [1.82, 2.24) is 10.2 Å². The van der Waals surface area contributed by atoms with Gasteiger partial charge in [-0.05, 0) is 49.9 Å². The van der Waals surface area contributed by atoms with Crippen molar-refractivity contribution in [3.63, 3.8) is 0 Å². The summed E-state index contributed by atoms with van der Waals surface area (Å²) in [6.45, 7) is 6.83. The van der Waals surface area contributed by atoms with Crippen molar-refractivity contribution in [1.29, 1.82) is 0 Å². The zero-order valence-corrected chi connectivity index (χ0v) is 12.4. The lowest BCUT2D eigenvalue weighted by Crippen LogP contribution is -2.41. The smallest absolute Gasteiger partial charge is 0.220 e. The van der Waals surface area contributed by atoms with E-state index < -0.39 is 0 Å². The molecule has 2 rings (SSSR count). The SMILES string of the molecule is CCSCCN1CCC2(CCNC(=O)CC2)CC1. The Morgan fingerprint density at radius 3 is 2.78 bits per heavy atom. The number of thioether (sulfide) groups is 1. The van der Waals surface area contributed by atoms with Crippen molar-refractivity contribution >= 4 is 17.7 Å². The molecule has 2 aliphatic rings. The third-order valence-corrected chi connectivity index (χ3v) is 5.41. The second-order valence-electron chi connectivity index (χ2n) is 5.64. The lowest BCUT2D eigenvalue weighted by atomic mass is 9.73. The summed E-state index contributed by atoms with van der Waals surface area (Å²) >= 11 is 2.04. The van der Waals surface area contributed by atoms with Crippen LogP contribution in [0, 0.1) is 5.41 Å². The third kappa shape index (κ3) is 3.89. The van der Waals surface area contributed by atoms with Gasteiger partial charge in [-0.1, -0.05) is 6.92 Å². The van der Waals surface area contributed by atoms with Crippen LogP contribution in [0.3, 0.4) is 0 Å². The minimum Gasteiger partial charge on any atom is -0.356 e. The Morgan fingerprint density at radius 1 is 1.28 bits per heavy atom. The van der Waals surface area contributed by atoms with E-state index in [1.54, 1.807) is 0 Å². The number of hydrogen-bond donors (Lipinski definition) is 1. The normalized spacial score (nSPS) is 24.8. The number of piperidine rings is 1. The summed E-state index contributed by atoms with van der Waals surface area (Å²) in [5.41, 5.74) is 0.466. The Bertz CT molecular complexity index is 275. The van der Waals surface area contributed by atoms with E-state index in [0.717, 1.165) is 19.4 Å². The molecule has 0 radical (unpaired) electrons. The van der Waals surface area contributed by atoms with Gasteiger partial charge in [-0.15, -0.1) is 0 Å². The monoisotopic (exact) mass is 270 g/mol. The molecule has 18 heavy (non-hydrogen) atoms. The van der Waals surface area contributed by atoms with E-state index in [4.69, 9.17) is 0 Å². The van der Waals surface area contributed by atoms with Crippen LogP contribution in [0.5, 0.6) is 0 Å². The van der Waals surface area contributed by atoms with Gasteiger partial charge in [0, 0.05) is 25.3 Å². The van der Waals surface area contributed by atoms with Crippen molar-refractivity contribution in [2.24, 2.45) is 5.41 Å². The first kappa shape index (κ1) is 14.2. The number of carbonyl (C=O) groups excluding carboxylic acids is 1. The van der Waals surface area contributed by atoms with Crippen molar-refractivity contribution in [3.05, 3.63) is 0 Å². The molecule has 0 aromatic heterocycles. The first-order valence-electron chi connectivity index (χ1n) is 7.31. The summed E-state index contributed by atoms with van der Waals surface area (Å²) in [5.74, 6) is 2.75. The maximum Gasteiger partial charge on any atom is 0.220 e. The van der Waals surface area contributed by atoms with Crippen LogP contribution in [-0.4, -0.2) is 48.5 Å². The van der Waals surface area contributed by atoms with E-state index in [1.165, 1.54) is 50.4 Å². The van der Waals surface area contributed by atoms with Gasteiger partial charge in [0.2, 0.25) is 5.91 Å². The van der Waals surface area contributed by atoms with Gasteiger partial charge >= 0.3 is 0 Å².